The second-order valence-electron chi connectivity index (χ2n) is 4.06. The fourth-order valence-electron chi connectivity index (χ4n) is 1.99. The lowest BCUT2D eigenvalue weighted by atomic mass is 10.0. The molecular weight excluding hydrogens is 212 g/mol. The molecule has 0 bridgehead atoms. The molecule has 0 atom stereocenters. The lowest BCUT2D eigenvalue weighted by Gasteiger charge is -2.09. The third-order valence-electron chi connectivity index (χ3n) is 2.79. The summed E-state index contributed by atoms with van der Waals surface area (Å²) in [6, 6.07) is 1.96. The van der Waals surface area contributed by atoms with E-state index < -0.39 is 0 Å². The van der Waals surface area contributed by atoms with Crippen molar-refractivity contribution in [3.05, 3.63) is 41.9 Å². The van der Waals surface area contributed by atoms with E-state index in [9.17, 15) is 0 Å². The summed E-state index contributed by atoms with van der Waals surface area (Å²) in [5.74, 6) is 0. The second kappa shape index (κ2) is 5.50. The smallest absolute Gasteiger partial charge is 0.0580 e. The number of rotatable bonds is 3. The number of nitrogens with two attached hydrogens (primary N) is 1. The molecule has 4 heteroatoms. The molecular formula is C13H18N4. The zero-order chi connectivity index (χ0) is 12.1. The van der Waals surface area contributed by atoms with Crippen LogP contribution in [0.3, 0.4) is 0 Å². The van der Waals surface area contributed by atoms with Crippen LogP contribution >= 0.6 is 0 Å². The van der Waals surface area contributed by atoms with Crippen LogP contribution in [0.4, 0.5) is 5.69 Å². The van der Waals surface area contributed by atoms with Gasteiger partial charge in [-0.2, -0.15) is 0 Å². The molecule has 0 spiro atoms. The maximum Gasteiger partial charge on any atom is 0.0580 e. The monoisotopic (exact) mass is 230 g/mol. The van der Waals surface area contributed by atoms with Crippen molar-refractivity contribution >= 4 is 11.3 Å². The summed E-state index contributed by atoms with van der Waals surface area (Å²) in [7, 11) is 1.87. The number of hydrogen-bond acceptors (Lipinski definition) is 4. The van der Waals surface area contributed by atoms with Gasteiger partial charge < -0.3 is 11.2 Å². The Balaban J connectivity index is 2.32. The van der Waals surface area contributed by atoms with Gasteiger partial charge in [0.25, 0.3) is 0 Å². The van der Waals surface area contributed by atoms with Gasteiger partial charge in [0, 0.05) is 24.5 Å². The number of nitrogen functional groups attached to an aromatic ring is 1. The third kappa shape index (κ3) is 2.85. The van der Waals surface area contributed by atoms with Crippen molar-refractivity contribution in [2.75, 3.05) is 12.8 Å². The maximum absolute atomic E-state index is 5.95. The van der Waals surface area contributed by atoms with Crippen molar-refractivity contribution in [3.8, 4) is 0 Å². The SMILES string of the molecule is CNNC1=CC(c2ccncc2N)=CCCC1. The zero-order valence-corrected chi connectivity index (χ0v) is 10.0. The second-order valence-corrected chi connectivity index (χ2v) is 4.06. The van der Waals surface area contributed by atoms with Gasteiger partial charge in [-0.25, -0.2) is 5.43 Å². The van der Waals surface area contributed by atoms with Gasteiger partial charge in [0.15, 0.2) is 0 Å². The van der Waals surface area contributed by atoms with Crippen molar-refractivity contribution in [3.63, 3.8) is 0 Å². The zero-order valence-electron chi connectivity index (χ0n) is 10.0. The van der Waals surface area contributed by atoms with Crippen LogP contribution in [-0.4, -0.2) is 12.0 Å². The summed E-state index contributed by atoms with van der Waals surface area (Å²) in [5, 5.41) is 0. The molecule has 1 aliphatic carbocycles. The van der Waals surface area contributed by atoms with Crippen LogP contribution in [0.1, 0.15) is 24.8 Å². The summed E-state index contributed by atoms with van der Waals surface area (Å²) in [4.78, 5) is 4.02. The van der Waals surface area contributed by atoms with Crippen molar-refractivity contribution < 1.29 is 0 Å². The highest BCUT2D eigenvalue weighted by Crippen LogP contribution is 2.26. The van der Waals surface area contributed by atoms with E-state index in [4.69, 9.17) is 5.73 Å². The first kappa shape index (κ1) is 11.7. The van der Waals surface area contributed by atoms with Gasteiger partial charge in [0.05, 0.1) is 11.9 Å². The Bertz CT molecular complexity index is 444. The summed E-state index contributed by atoms with van der Waals surface area (Å²) >= 11 is 0. The first-order chi connectivity index (χ1) is 8.31. The highest BCUT2D eigenvalue weighted by atomic mass is 15.3. The topological polar surface area (TPSA) is 63.0 Å². The lowest BCUT2D eigenvalue weighted by molar-refractivity contribution is 0.644. The van der Waals surface area contributed by atoms with Crippen LogP contribution < -0.4 is 16.6 Å². The Labute approximate surface area is 102 Å². The molecule has 0 fully saturated rings. The lowest BCUT2D eigenvalue weighted by Crippen LogP contribution is -2.26. The Hall–Kier alpha value is -1.81. The predicted molar refractivity (Wildman–Crippen MR) is 70.8 cm³/mol. The van der Waals surface area contributed by atoms with Crippen LogP contribution in [0.5, 0.6) is 0 Å². The van der Waals surface area contributed by atoms with E-state index in [0.29, 0.717) is 0 Å². The molecule has 1 heterocycles. The van der Waals surface area contributed by atoms with Gasteiger partial charge in [0.2, 0.25) is 0 Å². The molecule has 90 valence electrons. The number of hydrazine groups is 1. The van der Waals surface area contributed by atoms with Crippen LogP contribution in [0, 0.1) is 0 Å². The summed E-state index contributed by atoms with van der Waals surface area (Å²) < 4.78 is 0. The molecule has 1 aromatic rings. The van der Waals surface area contributed by atoms with Crippen molar-refractivity contribution in [1.82, 2.24) is 15.8 Å². The molecule has 0 saturated carbocycles. The average Bonchev–Trinajstić information content (AvgIpc) is 2.56. The van der Waals surface area contributed by atoms with E-state index >= 15 is 0 Å². The van der Waals surface area contributed by atoms with Crippen LogP contribution in [0.15, 0.2) is 36.3 Å². The Kier molecular flexibility index (Phi) is 3.77. The molecule has 0 amide bonds. The fraction of sp³-hybridized carbons (Fsp3) is 0.308. The molecule has 1 aliphatic rings. The van der Waals surface area contributed by atoms with Crippen LogP contribution in [0.2, 0.25) is 0 Å². The first-order valence-electron chi connectivity index (χ1n) is 5.84. The van der Waals surface area contributed by atoms with Crippen molar-refractivity contribution in [2.45, 2.75) is 19.3 Å². The Morgan fingerprint density at radius 3 is 3.06 bits per heavy atom. The molecule has 0 saturated heterocycles. The first-order valence-corrected chi connectivity index (χ1v) is 5.84. The van der Waals surface area contributed by atoms with Gasteiger partial charge >= 0.3 is 0 Å². The third-order valence-corrected chi connectivity index (χ3v) is 2.79. The molecule has 1 aromatic heterocycles. The largest absolute Gasteiger partial charge is 0.397 e. The molecule has 0 aliphatic heterocycles. The normalized spacial score (nSPS) is 15.8. The number of nitrogens with zero attached hydrogens (tertiary/aromatic N) is 1. The van der Waals surface area contributed by atoms with E-state index in [1.807, 2.05) is 13.1 Å². The molecule has 0 unspecified atom stereocenters. The van der Waals surface area contributed by atoms with Crippen LogP contribution in [-0.2, 0) is 0 Å². The highest BCUT2D eigenvalue weighted by molar-refractivity contribution is 5.81. The van der Waals surface area contributed by atoms with Crippen molar-refractivity contribution in [2.24, 2.45) is 0 Å². The van der Waals surface area contributed by atoms with Gasteiger partial charge in [-0.15, -0.1) is 0 Å². The summed E-state index contributed by atoms with van der Waals surface area (Å²) in [6.45, 7) is 0. The highest BCUT2D eigenvalue weighted by Gasteiger charge is 2.08. The van der Waals surface area contributed by atoms with E-state index in [0.717, 1.165) is 30.5 Å². The van der Waals surface area contributed by atoms with Gasteiger partial charge in [0.1, 0.15) is 0 Å². The maximum atomic E-state index is 5.95. The molecule has 17 heavy (non-hydrogen) atoms. The Morgan fingerprint density at radius 1 is 1.41 bits per heavy atom. The summed E-state index contributed by atoms with van der Waals surface area (Å²) in [6.07, 6.45) is 11.1. The molecule has 4 nitrogen and oxygen atoms in total. The quantitative estimate of drug-likeness (QED) is 0.693. The van der Waals surface area contributed by atoms with E-state index in [1.165, 1.54) is 11.3 Å². The molecule has 0 aromatic carbocycles. The minimum atomic E-state index is 0.723. The summed E-state index contributed by atoms with van der Waals surface area (Å²) in [5.41, 5.74) is 16.2. The number of hydrogen-bond donors (Lipinski definition) is 3. The predicted octanol–water partition coefficient (Wildman–Crippen LogP) is 1.84. The number of pyridine rings is 1. The Morgan fingerprint density at radius 2 is 2.29 bits per heavy atom. The van der Waals surface area contributed by atoms with E-state index in [2.05, 4.69) is 28.0 Å². The number of aromatic nitrogens is 1. The minimum Gasteiger partial charge on any atom is -0.397 e. The number of nitrogens with one attached hydrogen (secondary N) is 2. The van der Waals surface area contributed by atoms with Crippen molar-refractivity contribution in [1.29, 1.82) is 0 Å². The standard InChI is InChI=1S/C13H18N4/c1-15-17-11-5-3-2-4-10(8-11)12-6-7-16-9-13(12)14/h4,6-9,15,17H,2-3,5,14H2,1H3. The molecule has 4 N–H and O–H groups in total. The minimum absolute atomic E-state index is 0.723. The molecule has 0 radical (unpaired) electrons. The average molecular weight is 230 g/mol. The van der Waals surface area contributed by atoms with Gasteiger partial charge in [-0.3, -0.25) is 4.98 Å². The van der Waals surface area contributed by atoms with Crippen LogP contribution in [0.25, 0.3) is 5.57 Å². The number of allylic oxidation sites excluding steroid dienone is 4. The van der Waals surface area contributed by atoms with Gasteiger partial charge in [-0.05, 0) is 37.0 Å². The number of anilines is 1. The molecule has 2 rings (SSSR count). The van der Waals surface area contributed by atoms with E-state index in [1.54, 1.807) is 12.4 Å². The fourth-order valence-corrected chi connectivity index (χ4v) is 1.99. The van der Waals surface area contributed by atoms with Gasteiger partial charge in [-0.1, -0.05) is 6.08 Å². The van der Waals surface area contributed by atoms with E-state index in [-0.39, 0.29) is 0 Å².